The van der Waals surface area contributed by atoms with Crippen LogP contribution in [-0.2, 0) is 0 Å². The fourth-order valence-corrected chi connectivity index (χ4v) is 0.595. The molecule has 0 amide bonds. The summed E-state index contributed by atoms with van der Waals surface area (Å²) in [6.07, 6.45) is -2.53. The number of allylic oxidation sites excluding steroid dienone is 1. The average molecular weight is 181 g/mol. The van der Waals surface area contributed by atoms with Gasteiger partial charge in [-0.3, -0.25) is 0 Å². The molecule has 1 atom stereocenters. The van der Waals surface area contributed by atoms with Crippen molar-refractivity contribution in [1.29, 1.82) is 0 Å². The van der Waals surface area contributed by atoms with E-state index in [-0.39, 0.29) is 6.42 Å². The number of halogens is 3. The molecule has 0 bridgehead atoms. The van der Waals surface area contributed by atoms with Crippen molar-refractivity contribution in [3.8, 4) is 0 Å². The first-order valence-electron chi connectivity index (χ1n) is 3.80. The predicted octanol–water partition coefficient (Wildman–Crippen LogP) is 2.48. The van der Waals surface area contributed by atoms with Crippen LogP contribution >= 0.6 is 0 Å². The van der Waals surface area contributed by atoms with E-state index in [0.717, 1.165) is 5.57 Å². The molecule has 0 heterocycles. The summed E-state index contributed by atoms with van der Waals surface area (Å²) in [5.41, 5.74) is 6.02. The van der Waals surface area contributed by atoms with E-state index in [1.807, 2.05) is 0 Å². The van der Waals surface area contributed by atoms with Gasteiger partial charge in [-0.2, -0.15) is 13.2 Å². The monoisotopic (exact) mass is 181 g/mol. The number of nitrogens with two attached hydrogens (primary N) is 1. The minimum atomic E-state index is -4.09. The van der Waals surface area contributed by atoms with Gasteiger partial charge in [-0.1, -0.05) is 18.6 Å². The van der Waals surface area contributed by atoms with Gasteiger partial charge < -0.3 is 5.73 Å². The summed E-state index contributed by atoms with van der Waals surface area (Å²) in [7, 11) is 0. The maximum atomic E-state index is 11.9. The molecule has 1 unspecified atom stereocenters. The first-order chi connectivity index (χ1) is 5.38. The van der Waals surface area contributed by atoms with E-state index in [1.54, 1.807) is 6.92 Å². The van der Waals surface area contributed by atoms with Crippen molar-refractivity contribution in [2.24, 2.45) is 11.7 Å². The molecule has 0 spiro atoms. The van der Waals surface area contributed by atoms with Crippen molar-refractivity contribution >= 4 is 0 Å². The Labute approximate surface area is 70.4 Å². The van der Waals surface area contributed by atoms with Gasteiger partial charge in [0, 0.05) is 6.54 Å². The van der Waals surface area contributed by atoms with Crippen LogP contribution < -0.4 is 5.73 Å². The lowest BCUT2D eigenvalue weighted by molar-refractivity contribution is -0.168. The number of rotatable bonds is 3. The molecule has 2 N–H and O–H groups in total. The van der Waals surface area contributed by atoms with Crippen molar-refractivity contribution in [3.05, 3.63) is 11.6 Å². The van der Waals surface area contributed by atoms with Crippen molar-refractivity contribution < 1.29 is 13.2 Å². The van der Waals surface area contributed by atoms with Gasteiger partial charge in [-0.25, -0.2) is 0 Å². The topological polar surface area (TPSA) is 26.0 Å². The Morgan fingerprint density at radius 3 is 2.33 bits per heavy atom. The second kappa shape index (κ2) is 4.50. The van der Waals surface area contributed by atoms with E-state index in [9.17, 15) is 13.2 Å². The smallest absolute Gasteiger partial charge is 0.327 e. The van der Waals surface area contributed by atoms with Crippen LogP contribution in [0.3, 0.4) is 0 Å². The number of hydrogen-bond acceptors (Lipinski definition) is 1. The maximum absolute atomic E-state index is 11.9. The molecule has 0 saturated heterocycles. The van der Waals surface area contributed by atoms with Crippen LogP contribution in [-0.4, -0.2) is 12.7 Å². The Morgan fingerprint density at radius 2 is 2.00 bits per heavy atom. The minimum absolute atomic E-state index is 0.0204. The van der Waals surface area contributed by atoms with Gasteiger partial charge in [0.25, 0.3) is 0 Å². The highest BCUT2D eigenvalue weighted by molar-refractivity contribution is 4.99. The summed E-state index contributed by atoms with van der Waals surface area (Å²) in [5, 5.41) is 0. The highest BCUT2D eigenvalue weighted by atomic mass is 19.4. The van der Waals surface area contributed by atoms with Crippen LogP contribution in [0.25, 0.3) is 0 Å². The molecule has 0 saturated carbocycles. The molecule has 72 valence electrons. The largest absolute Gasteiger partial charge is 0.391 e. The Hall–Kier alpha value is -0.510. The summed E-state index contributed by atoms with van der Waals surface area (Å²) in [5.74, 6) is -1.28. The van der Waals surface area contributed by atoms with Gasteiger partial charge in [0.1, 0.15) is 0 Å². The first kappa shape index (κ1) is 11.5. The van der Waals surface area contributed by atoms with Crippen molar-refractivity contribution in [1.82, 2.24) is 0 Å². The lowest BCUT2D eigenvalue weighted by Gasteiger charge is -2.13. The van der Waals surface area contributed by atoms with Crippen molar-refractivity contribution in [3.63, 3.8) is 0 Å². The predicted molar refractivity (Wildman–Crippen MR) is 42.6 cm³/mol. The van der Waals surface area contributed by atoms with Gasteiger partial charge in [-0.05, 0) is 13.3 Å². The molecule has 0 rings (SSSR count). The minimum Gasteiger partial charge on any atom is -0.327 e. The highest BCUT2D eigenvalue weighted by Crippen LogP contribution is 2.28. The summed E-state index contributed by atoms with van der Waals surface area (Å²) in [4.78, 5) is 0. The van der Waals surface area contributed by atoms with Crippen LogP contribution in [0.2, 0.25) is 0 Å². The third-order valence-corrected chi connectivity index (χ3v) is 1.70. The lowest BCUT2D eigenvalue weighted by atomic mass is 10.1. The second-order valence-electron chi connectivity index (χ2n) is 2.93. The van der Waals surface area contributed by atoms with E-state index in [2.05, 4.69) is 0 Å². The van der Waals surface area contributed by atoms with Gasteiger partial charge in [0.05, 0.1) is 5.92 Å². The summed E-state index contributed by atoms with van der Waals surface area (Å²) in [6.45, 7) is 3.22. The Bertz CT molecular complexity index is 160. The van der Waals surface area contributed by atoms with Gasteiger partial charge in [-0.15, -0.1) is 0 Å². The summed E-state index contributed by atoms with van der Waals surface area (Å²) >= 11 is 0. The molecule has 0 aromatic heterocycles. The van der Waals surface area contributed by atoms with Gasteiger partial charge >= 0.3 is 6.18 Å². The zero-order valence-electron chi connectivity index (χ0n) is 7.28. The van der Waals surface area contributed by atoms with E-state index in [4.69, 9.17) is 5.73 Å². The molecule has 12 heavy (non-hydrogen) atoms. The summed E-state index contributed by atoms with van der Waals surface area (Å²) in [6, 6.07) is 0. The molecule has 1 nitrogen and oxygen atoms in total. The molecule has 0 aliphatic rings. The fourth-order valence-electron chi connectivity index (χ4n) is 0.595. The van der Waals surface area contributed by atoms with Crippen molar-refractivity contribution in [2.75, 3.05) is 6.54 Å². The molecule has 0 fully saturated rings. The number of alkyl halides is 3. The van der Waals surface area contributed by atoms with Crippen LogP contribution in [0, 0.1) is 5.92 Å². The maximum Gasteiger partial charge on any atom is 0.391 e. The highest BCUT2D eigenvalue weighted by Gasteiger charge is 2.34. The molecule has 0 aliphatic carbocycles. The van der Waals surface area contributed by atoms with Crippen LogP contribution in [0.5, 0.6) is 0 Å². The third kappa shape index (κ3) is 4.38. The van der Waals surface area contributed by atoms with Gasteiger partial charge in [0.15, 0.2) is 0 Å². The second-order valence-corrected chi connectivity index (χ2v) is 2.93. The summed E-state index contributed by atoms with van der Waals surface area (Å²) < 4.78 is 35.8. The first-order valence-corrected chi connectivity index (χ1v) is 3.80. The Balaban J connectivity index is 3.94. The normalized spacial score (nSPS) is 16.3. The third-order valence-electron chi connectivity index (χ3n) is 1.70. The molecule has 0 radical (unpaired) electrons. The molecular weight excluding hydrogens is 167 g/mol. The van der Waals surface area contributed by atoms with Gasteiger partial charge in [0.2, 0.25) is 0 Å². The molecular formula is C8H14F3N. The zero-order chi connectivity index (χ0) is 9.78. The standard InChI is InChI=1S/C8H14F3N/c1-6(5-12)3-4-7(2)8(9,10)11/h3,7H,4-5,12H2,1-2H3/b6-3+. The molecule has 4 heteroatoms. The van der Waals surface area contributed by atoms with E-state index >= 15 is 0 Å². The van der Waals surface area contributed by atoms with Crippen molar-refractivity contribution in [2.45, 2.75) is 26.4 Å². The Kier molecular flexibility index (Phi) is 4.31. The molecule has 0 aromatic carbocycles. The lowest BCUT2D eigenvalue weighted by Crippen LogP contribution is -2.19. The SMILES string of the molecule is C/C(=C\CC(C)C(F)(F)F)CN. The van der Waals surface area contributed by atoms with E-state index in [0.29, 0.717) is 6.54 Å². The molecule has 0 aromatic rings. The fraction of sp³-hybridized carbons (Fsp3) is 0.750. The number of hydrogen-bond donors (Lipinski definition) is 1. The van der Waals surface area contributed by atoms with Crippen LogP contribution in [0.1, 0.15) is 20.3 Å². The van der Waals surface area contributed by atoms with E-state index < -0.39 is 12.1 Å². The average Bonchev–Trinajstić information content (AvgIpc) is 1.97. The Morgan fingerprint density at radius 1 is 1.50 bits per heavy atom. The van der Waals surface area contributed by atoms with E-state index in [1.165, 1.54) is 13.0 Å². The quantitative estimate of drug-likeness (QED) is 0.665. The molecule has 0 aliphatic heterocycles. The van der Waals surface area contributed by atoms with Crippen LogP contribution in [0.15, 0.2) is 11.6 Å². The van der Waals surface area contributed by atoms with Crippen LogP contribution in [0.4, 0.5) is 13.2 Å². The zero-order valence-corrected chi connectivity index (χ0v) is 7.28.